The molecule has 1 amide bonds. The largest absolute Gasteiger partial charge is 0.368 e. The zero-order valence-corrected chi connectivity index (χ0v) is 13.1. The van der Waals surface area contributed by atoms with Gasteiger partial charge in [0.1, 0.15) is 16.9 Å². The molecule has 0 aliphatic rings. The van der Waals surface area contributed by atoms with Crippen LogP contribution < -0.4 is 5.73 Å². The Morgan fingerprint density at radius 3 is 2.22 bits per heavy atom. The summed E-state index contributed by atoms with van der Waals surface area (Å²) in [6.07, 6.45) is 0. The minimum atomic E-state index is -0.767. The van der Waals surface area contributed by atoms with E-state index in [4.69, 9.17) is 11.0 Å². The van der Waals surface area contributed by atoms with Crippen LogP contribution in [-0.4, -0.2) is 5.91 Å². The van der Waals surface area contributed by atoms with Gasteiger partial charge in [-0.1, -0.05) is 18.2 Å². The molecular formula is C17H14F2N2OS. The molecule has 0 saturated carbocycles. The number of carbonyl (C=O) groups is 1. The molecule has 0 aromatic heterocycles. The number of hydrogen-bond donors (Lipinski definition) is 1. The number of nitrogens with zero attached hydrogens (tertiary/aromatic N) is 1. The second-order valence-corrected chi connectivity index (χ2v) is 6.38. The Balaban J connectivity index is 2.29. The molecule has 0 spiro atoms. The molecule has 0 saturated heterocycles. The van der Waals surface area contributed by atoms with E-state index in [1.165, 1.54) is 18.2 Å². The molecule has 2 aromatic rings. The maximum atomic E-state index is 13.8. The Morgan fingerprint density at radius 2 is 1.74 bits per heavy atom. The Kier molecular flexibility index (Phi) is 5.35. The van der Waals surface area contributed by atoms with Gasteiger partial charge in [-0.2, -0.15) is 5.26 Å². The predicted octanol–water partition coefficient (Wildman–Crippen LogP) is 3.86. The van der Waals surface area contributed by atoms with Crippen LogP contribution in [-0.2, 0) is 4.79 Å². The van der Waals surface area contributed by atoms with Crippen LogP contribution >= 0.6 is 11.8 Å². The zero-order chi connectivity index (χ0) is 17.0. The van der Waals surface area contributed by atoms with Crippen molar-refractivity contribution < 1.29 is 13.6 Å². The summed E-state index contributed by atoms with van der Waals surface area (Å²) in [5.41, 5.74) is 6.39. The summed E-state index contributed by atoms with van der Waals surface area (Å²) in [6.45, 7) is 1.62. The lowest BCUT2D eigenvalue weighted by Gasteiger charge is -2.20. The first-order valence-corrected chi connectivity index (χ1v) is 7.77. The van der Waals surface area contributed by atoms with E-state index in [1.54, 1.807) is 31.2 Å². The average Bonchev–Trinajstić information content (AvgIpc) is 2.52. The average molecular weight is 332 g/mol. The lowest BCUT2D eigenvalue weighted by Crippen LogP contribution is -2.20. The lowest BCUT2D eigenvalue weighted by molar-refractivity contribution is -0.117. The first kappa shape index (κ1) is 17.0. The quantitative estimate of drug-likeness (QED) is 0.904. The molecule has 2 N–H and O–H groups in total. The predicted molar refractivity (Wildman–Crippen MR) is 85.5 cm³/mol. The maximum Gasteiger partial charge on any atom is 0.235 e. The summed E-state index contributed by atoms with van der Waals surface area (Å²) < 4.78 is 27.7. The Hall–Kier alpha value is -2.39. The third-order valence-corrected chi connectivity index (χ3v) is 4.77. The van der Waals surface area contributed by atoms with Gasteiger partial charge in [-0.3, -0.25) is 4.79 Å². The van der Waals surface area contributed by atoms with Crippen LogP contribution in [0.3, 0.4) is 0 Å². The van der Waals surface area contributed by atoms with Gasteiger partial charge in [0.25, 0.3) is 0 Å². The van der Waals surface area contributed by atoms with Crippen molar-refractivity contribution in [2.75, 3.05) is 0 Å². The van der Waals surface area contributed by atoms with E-state index >= 15 is 0 Å². The molecule has 2 aromatic carbocycles. The standard InChI is InChI=1S/C17H14F2N2OS/c1-10(15-13(18)3-2-4-14(15)19)23-16(17(21)22)12-7-5-11(9-20)6-8-12/h2-8,10,16H,1H3,(H2,21,22)/t10-,16-/m1/s1. The summed E-state index contributed by atoms with van der Waals surface area (Å²) in [5, 5.41) is 7.43. The van der Waals surface area contributed by atoms with Gasteiger partial charge in [0.05, 0.1) is 11.6 Å². The van der Waals surface area contributed by atoms with Crippen LogP contribution in [0.25, 0.3) is 0 Å². The molecule has 6 heteroatoms. The topological polar surface area (TPSA) is 66.9 Å². The number of nitrogens with two attached hydrogens (primary N) is 1. The molecule has 0 radical (unpaired) electrons. The molecule has 0 heterocycles. The monoisotopic (exact) mass is 332 g/mol. The highest BCUT2D eigenvalue weighted by molar-refractivity contribution is 8.00. The molecule has 23 heavy (non-hydrogen) atoms. The zero-order valence-electron chi connectivity index (χ0n) is 12.3. The third-order valence-electron chi connectivity index (χ3n) is 3.35. The fourth-order valence-corrected chi connectivity index (χ4v) is 3.43. The highest BCUT2D eigenvalue weighted by atomic mass is 32.2. The van der Waals surface area contributed by atoms with E-state index < -0.39 is 28.0 Å². The van der Waals surface area contributed by atoms with Crippen molar-refractivity contribution in [2.45, 2.75) is 17.4 Å². The van der Waals surface area contributed by atoms with Crippen molar-refractivity contribution in [2.24, 2.45) is 5.73 Å². The van der Waals surface area contributed by atoms with Gasteiger partial charge in [0, 0.05) is 10.8 Å². The van der Waals surface area contributed by atoms with E-state index in [0.29, 0.717) is 11.1 Å². The number of nitriles is 1. The molecule has 0 aliphatic heterocycles. The van der Waals surface area contributed by atoms with E-state index in [9.17, 15) is 13.6 Å². The van der Waals surface area contributed by atoms with Crippen LogP contribution in [0.2, 0.25) is 0 Å². The minimum absolute atomic E-state index is 0.0857. The number of thioether (sulfide) groups is 1. The normalized spacial score (nSPS) is 13.1. The third kappa shape index (κ3) is 3.88. The van der Waals surface area contributed by atoms with Crippen LogP contribution in [0.1, 0.15) is 34.1 Å². The molecule has 0 bridgehead atoms. The summed E-state index contributed by atoms with van der Waals surface area (Å²) in [4.78, 5) is 11.7. The number of halogens is 2. The van der Waals surface area contributed by atoms with Crippen molar-refractivity contribution in [1.82, 2.24) is 0 Å². The Bertz CT molecular complexity index is 736. The highest BCUT2D eigenvalue weighted by Crippen LogP contribution is 2.41. The number of rotatable bonds is 5. The van der Waals surface area contributed by atoms with Gasteiger partial charge in [0.15, 0.2) is 0 Å². The maximum absolute atomic E-state index is 13.8. The summed E-state index contributed by atoms with van der Waals surface area (Å²) in [5.74, 6) is -1.93. The first-order valence-electron chi connectivity index (χ1n) is 6.82. The van der Waals surface area contributed by atoms with Gasteiger partial charge in [0.2, 0.25) is 5.91 Å². The molecule has 118 valence electrons. The van der Waals surface area contributed by atoms with E-state index in [0.717, 1.165) is 11.8 Å². The van der Waals surface area contributed by atoms with Crippen LogP contribution in [0.4, 0.5) is 8.78 Å². The summed E-state index contributed by atoms with van der Waals surface area (Å²) in [6, 6.07) is 12.0. The molecule has 3 nitrogen and oxygen atoms in total. The van der Waals surface area contributed by atoms with Crippen molar-refractivity contribution in [1.29, 1.82) is 5.26 Å². The number of primary amides is 1. The van der Waals surface area contributed by atoms with Crippen molar-refractivity contribution in [3.63, 3.8) is 0 Å². The molecule has 0 aliphatic carbocycles. The van der Waals surface area contributed by atoms with E-state index in [1.807, 2.05) is 6.07 Å². The van der Waals surface area contributed by atoms with Crippen molar-refractivity contribution in [3.8, 4) is 6.07 Å². The SMILES string of the molecule is C[C@@H](S[C@@H](C(N)=O)c1ccc(C#N)cc1)c1c(F)cccc1F. The first-order chi connectivity index (χ1) is 10.9. The summed E-state index contributed by atoms with van der Waals surface area (Å²) in [7, 11) is 0. The van der Waals surface area contributed by atoms with E-state index in [-0.39, 0.29) is 5.56 Å². The van der Waals surface area contributed by atoms with Gasteiger partial charge >= 0.3 is 0 Å². The van der Waals surface area contributed by atoms with Crippen molar-refractivity contribution >= 4 is 17.7 Å². The fourth-order valence-electron chi connectivity index (χ4n) is 2.21. The van der Waals surface area contributed by atoms with Gasteiger partial charge in [-0.15, -0.1) is 11.8 Å². The van der Waals surface area contributed by atoms with Gasteiger partial charge in [-0.25, -0.2) is 8.78 Å². The lowest BCUT2D eigenvalue weighted by atomic mass is 10.1. The minimum Gasteiger partial charge on any atom is -0.368 e. The Labute approximate surface area is 137 Å². The smallest absolute Gasteiger partial charge is 0.235 e. The van der Waals surface area contributed by atoms with Crippen LogP contribution in [0, 0.1) is 23.0 Å². The molecule has 2 rings (SSSR count). The fraction of sp³-hybridized carbons (Fsp3) is 0.176. The molecular weight excluding hydrogens is 318 g/mol. The second-order valence-electron chi connectivity index (χ2n) is 4.93. The Morgan fingerprint density at radius 1 is 1.17 bits per heavy atom. The van der Waals surface area contributed by atoms with Crippen LogP contribution in [0.5, 0.6) is 0 Å². The number of amides is 1. The number of hydrogen-bond acceptors (Lipinski definition) is 3. The summed E-state index contributed by atoms with van der Waals surface area (Å²) >= 11 is 1.06. The second kappa shape index (κ2) is 7.25. The van der Waals surface area contributed by atoms with Gasteiger partial charge < -0.3 is 5.73 Å². The van der Waals surface area contributed by atoms with Crippen molar-refractivity contribution in [3.05, 3.63) is 70.8 Å². The highest BCUT2D eigenvalue weighted by Gasteiger charge is 2.25. The number of benzene rings is 2. The molecule has 2 atom stereocenters. The molecule has 0 fully saturated rings. The van der Waals surface area contributed by atoms with E-state index in [2.05, 4.69) is 0 Å². The molecule has 0 unspecified atom stereocenters. The van der Waals surface area contributed by atoms with Gasteiger partial charge in [-0.05, 0) is 36.8 Å². The van der Waals surface area contributed by atoms with Crippen LogP contribution in [0.15, 0.2) is 42.5 Å². The number of carbonyl (C=O) groups excluding carboxylic acids is 1.